The molecule has 3 rings (SSSR count). The molecule has 8 heteroatoms. The monoisotopic (exact) mass is 357 g/mol. The molecule has 0 bridgehead atoms. The van der Waals surface area contributed by atoms with Gasteiger partial charge in [-0.15, -0.1) is 0 Å². The summed E-state index contributed by atoms with van der Waals surface area (Å²) in [5.41, 5.74) is 4.59. The molecular weight excluding hydrogens is 345 g/mol. The summed E-state index contributed by atoms with van der Waals surface area (Å²) in [5.74, 6) is -0.729. The highest BCUT2D eigenvalue weighted by molar-refractivity contribution is 6.32. The van der Waals surface area contributed by atoms with Gasteiger partial charge in [0, 0.05) is 12.4 Å². The molecule has 0 fully saturated rings. The fraction of sp³-hybridized carbons (Fsp3) is 0.0588. The topological polar surface area (TPSA) is 72.2 Å². The van der Waals surface area contributed by atoms with Crippen LogP contribution in [0.1, 0.15) is 21.6 Å². The standard InChI is InChI=1S/C17H13ClFN5O/c1-11-15(10-21-22-17(25)12-3-2-8-20-9-12)16(18)24(23-11)14-6-4-13(19)5-7-14/h2-10H,1H3,(H,22,25)/b21-10+. The molecule has 0 aliphatic rings. The van der Waals surface area contributed by atoms with Gasteiger partial charge >= 0.3 is 0 Å². The molecule has 0 aliphatic heterocycles. The van der Waals surface area contributed by atoms with E-state index in [0.29, 0.717) is 27.7 Å². The van der Waals surface area contributed by atoms with Crippen LogP contribution in [0.25, 0.3) is 5.69 Å². The van der Waals surface area contributed by atoms with Gasteiger partial charge in [-0.05, 0) is 43.3 Å². The maximum Gasteiger partial charge on any atom is 0.272 e. The lowest BCUT2D eigenvalue weighted by Crippen LogP contribution is -2.17. The average Bonchev–Trinajstić information content (AvgIpc) is 2.91. The number of benzene rings is 1. The predicted molar refractivity (Wildman–Crippen MR) is 92.6 cm³/mol. The lowest BCUT2D eigenvalue weighted by atomic mass is 10.3. The van der Waals surface area contributed by atoms with Gasteiger partial charge in [-0.25, -0.2) is 14.5 Å². The Morgan fingerprint density at radius 2 is 2.08 bits per heavy atom. The van der Waals surface area contributed by atoms with Crippen molar-refractivity contribution >= 4 is 23.7 Å². The second kappa shape index (κ2) is 7.23. The molecule has 0 radical (unpaired) electrons. The number of carbonyl (C=O) groups is 1. The number of hydrogen-bond acceptors (Lipinski definition) is 4. The van der Waals surface area contributed by atoms with E-state index in [2.05, 4.69) is 20.6 Å². The van der Waals surface area contributed by atoms with E-state index in [4.69, 9.17) is 11.6 Å². The summed E-state index contributed by atoms with van der Waals surface area (Å²) < 4.78 is 14.5. The molecule has 6 nitrogen and oxygen atoms in total. The van der Waals surface area contributed by atoms with Crippen molar-refractivity contribution in [2.75, 3.05) is 0 Å². The molecule has 1 amide bonds. The molecule has 1 N–H and O–H groups in total. The number of halogens is 2. The average molecular weight is 358 g/mol. The molecule has 0 saturated heterocycles. The summed E-state index contributed by atoms with van der Waals surface area (Å²) in [5, 5.41) is 8.53. The van der Waals surface area contributed by atoms with Crippen LogP contribution in [0.3, 0.4) is 0 Å². The van der Waals surface area contributed by atoms with E-state index in [1.165, 1.54) is 29.2 Å². The van der Waals surface area contributed by atoms with Crippen molar-refractivity contribution in [3.8, 4) is 5.69 Å². The zero-order chi connectivity index (χ0) is 17.8. The van der Waals surface area contributed by atoms with Crippen LogP contribution in [-0.4, -0.2) is 26.9 Å². The SMILES string of the molecule is Cc1nn(-c2ccc(F)cc2)c(Cl)c1/C=N/NC(=O)c1cccnc1. The second-order valence-electron chi connectivity index (χ2n) is 5.12. The number of carbonyl (C=O) groups excluding carboxylic acids is 1. The van der Waals surface area contributed by atoms with Crippen molar-refractivity contribution in [3.05, 3.63) is 76.6 Å². The van der Waals surface area contributed by atoms with Crippen LogP contribution in [0.2, 0.25) is 5.15 Å². The Hall–Kier alpha value is -3.06. The maximum absolute atomic E-state index is 13.0. The number of nitrogens with one attached hydrogen (secondary N) is 1. The number of aromatic nitrogens is 3. The van der Waals surface area contributed by atoms with Crippen molar-refractivity contribution in [3.63, 3.8) is 0 Å². The Labute approximate surface area is 148 Å². The third kappa shape index (κ3) is 3.72. The largest absolute Gasteiger partial charge is 0.272 e. The van der Waals surface area contributed by atoms with Gasteiger partial charge in [-0.2, -0.15) is 10.2 Å². The third-order valence-electron chi connectivity index (χ3n) is 3.40. The van der Waals surface area contributed by atoms with Gasteiger partial charge in [0.25, 0.3) is 5.91 Å². The molecule has 126 valence electrons. The maximum atomic E-state index is 13.0. The number of aryl methyl sites for hydroxylation is 1. The molecule has 0 spiro atoms. The van der Waals surface area contributed by atoms with E-state index in [9.17, 15) is 9.18 Å². The van der Waals surface area contributed by atoms with Crippen LogP contribution in [0.15, 0.2) is 53.9 Å². The van der Waals surface area contributed by atoms with Crippen LogP contribution in [-0.2, 0) is 0 Å². The van der Waals surface area contributed by atoms with E-state index >= 15 is 0 Å². The highest BCUT2D eigenvalue weighted by atomic mass is 35.5. The molecule has 2 aromatic heterocycles. The van der Waals surface area contributed by atoms with Gasteiger partial charge in [0.15, 0.2) is 0 Å². The van der Waals surface area contributed by atoms with Crippen molar-refractivity contribution in [1.82, 2.24) is 20.2 Å². The molecule has 0 aliphatic carbocycles. The Kier molecular flexibility index (Phi) is 4.85. The normalized spacial score (nSPS) is 11.0. The molecular formula is C17H13ClFN5O. The van der Waals surface area contributed by atoms with Gasteiger partial charge in [0.05, 0.1) is 28.7 Å². The fourth-order valence-corrected chi connectivity index (χ4v) is 2.45. The summed E-state index contributed by atoms with van der Waals surface area (Å²) >= 11 is 6.33. The van der Waals surface area contributed by atoms with E-state index in [1.54, 1.807) is 37.4 Å². The summed E-state index contributed by atoms with van der Waals surface area (Å²) in [7, 11) is 0. The van der Waals surface area contributed by atoms with Crippen LogP contribution in [0.4, 0.5) is 4.39 Å². The summed E-state index contributed by atoms with van der Waals surface area (Å²) in [6, 6.07) is 9.07. The molecule has 3 aromatic rings. The Morgan fingerprint density at radius 3 is 2.76 bits per heavy atom. The fourth-order valence-electron chi connectivity index (χ4n) is 2.13. The Morgan fingerprint density at radius 1 is 1.32 bits per heavy atom. The summed E-state index contributed by atoms with van der Waals surface area (Å²) in [6.45, 7) is 1.76. The first kappa shape index (κ1) is 16.8. The number of pyridine rings is 1. The lowest BCUT2D eigenvalue weighted by molar-refractivity contribution is 0.0955. The number of nitrogens with zero attached hydrogens (tertiary/aromatic N) is 4. The third-order valence-corrected chi connectivity index (χ3v) is 3.77. The van der Waals surface area contributed by atoms with E-state index in [0.717, 1.165) is 0 Å². The van der Waals surface area contributed by atoms with Crippen molar-refractivity contribution in [1.29, 1.82) is 0 Å². The first-order valence-corrected chi connectivity index (χ1v) is 7.68. The quantitative estimate of drug-likeness (QED) is 0.576. The Balaban J connectivity index is 1.79. The zero-order valence-corrected chi connectivity index (χ0v) is 13.9. The minimum atomic E-state index is -0.385. The number of rotatable bonds is 4. The number of amides is 1. The van der Waals surface area contributed by atoms with Gasteiger partial charge < -0.3 is 0 Å². The number of hydrogen-bond donors (Lipinski definition) is 1. The van der Waals surface area contributed by atoms with Gasteiger partial charge in [0.2, 0.25) is 0 Å². The predicted octanol–water partition coefficient (Wildman–Crippen LogP) is 3.13. The van der Waals surface area contributed by atoms with Crippen molar-refractivity contribution in [2.45, 2.75) is 6.92 Å². The first-order chi connectivity index (χ1) is 12.1. The first-order valence-electron chi connectivity index (χ1n) is 7.31. The molecule has 2 heterocycles. The number of hydrazone groups is 1. The van der Waals surface area contributed by atoms with Crippen molar-refractivity contribution in [2.24, 2.45) is 5.10 Å². The van der Waals surface area contributed by atoms with Crippen LogP contribution in [0.5, 0.6) is 0 Å². The van der Waals surface area contributed by atoms with Gasteiger partial charge in [-0.3, -0.25) is 9.78 Å². The second-order valence-corrected chi connectivity index (χ2v) is 5.48. The van der Waals surface area contributed by atoms with E-state index in [-0.39, 0.29) is 11.7 Å². The van der Waals surface area contributed by atoms with E-state index in [1.807, 2.05) is 0 Å². The minimum Gasteiger partial charge on any atom is -0.267 e. The molecule has 0 atom stereocenters. The van der Waals surface area contributed by atoms with Crippen LogP contribution >= 0.6 is 11.6 Å². The molecule has 0 saturated carbocycles. The highest BCUT2D eigenvalue weighted by Gasteiger charge is 2.13. The molecule has 0 unspecified atom stereocenters. The minimum absolute atomic E-state index is 0.309. The van der Waals surface area contributed by atoms with Gasteiger partial charge in [0.1, 0.15) is 11.0 Å². The van der Waals surface area contributed by atoms with E-state index < -0.39 is 0 Å². The summed E-state index contributed by atoms with van der Waals surface area (Å²) in [4.78, 5) is 15.8. The highest BCUT2D eigenvalue weighted by Crippen LogP contribution is 2.22. The summed E-state index contributed by atoms with van der Waals surface area (Å²) in [6.07, 6.45) is 4.43. The van der Waals surface area contributed by atoms with Crippen LogP contribution < -0.4 is 5.43 Å². The van der Waals surface area contributed by atoms with Crippen LogP contribution in [0, 0.1) is 12.7 Å². The Bertz CT molecular complexity index is 922. The zero-order valence-electron chi connectivity index (χ0n) is 13.1. The molecule has 25 heavy (non-hydrogen) atoms. The van der Waals surface area contributed by atoms with Crippen molar-refractivity contribution < 1.29 is 9.18 Å². The smallest absolute Gasteiger partial charge is 0.267 e. The van der Waals surface area contributed by atoms with Gasteiger partial charge in [-0.1, -0.05) is 11.6 Å². The lowest BCUT2D eigenvalue weighted by Gasteiger charge is -2.02. The molecule has 1 aromatic carbocycles.